The molecule has 0 aliphatic heterocycles. The van der Waals surface area contributed by atoms with Gasteiger partial charge in [-0.3, -0.25) is 4.79 Å². The van der Waals surface area contributed by atoms with Crippen LogP contribution in [0.15, 0.2) is 0 Å². The van der Waals surface area contributed by atoms with Gasteiger partial charge in [-0.05, 0) is 32.1 Å². The predicted octanol–water partition coefficient (Wildman–Crippen LogP) is 1.70. The second kappa shape index (κ2) is 8.48. The average Bonchev–Trinajstić information content (AvgIpc) is 2.37. The number of carbonyl (C=O) groups is 1. The van der Waals surface area contributed by atoms with Crippen molar-refractivity contribution in [1.29, 1.82) is 0 Å². The second-order valence-corrected chi connectivity index (χ2v) is 5.39. The van der Waals surface area contributed by atoms with Crippen molar-refractivity contribution in [3.63, 3.8) is 0 Å². The van der Waals surface area contributed by atoms with Crippen LogP contribution in [-0.4, -0.2) is 38.3 Å². The fourth-order valence-corrected chi connectivity index (χ4v) is 2.54. The highest BCUT2D eigenvalue weighted by atomic mass is 16.5. The van der Waals surface area contributed by atoms with Gasteiger partial charge >= 0.3 is 0 Å². The first-order valence-corrected chi connectivity index (χ1v) is 7.18. The number of hydrogen-bond donors (Lipinski definition) is 2. The molecule has 2 N–H and O–H groups in total. The van der Waals surface area contributed by atoms with Crippen LogP contribution in [0.3, 0.4) is 0 Å². The molecule has 1 fully saturated rings. The highest BCUT2D eigenvalue weighted by Gasteiger charge is 2.24. The maximum atomic E-state index is 11.9. The fourth-order valence-electron chi connectivity index (χ4n) is 2.54. The van der Waals surface area contributed by atoms with Gasteiger partial charge in [-0.1, -0.05) is 19.8 Å². The number of ether oxygens (including phenoxy) is 1. The molecule has 0 heterocycles. The van der Waals surface area contributed by atoms with E-state index in [1.807, 2.05) is 6.92 Å². The summed E-state index contributed by atoms with van der Waals surface area (Å²) in [6, 6.07) is 0.400. The molecular weight excluding hydrogens is 228 g/mol. The van der Waals surface area contributed by atoms with Crippen LogP contribution in [0, 0.1) is 5.92 Å². The van der Waals surface area contributed by atoms with Crippen LogP contribution in [-0.2, 0) is 9.53 Å². The van der Waals surface area contributed by atoms with E-state index < -0.39 is 0 Å². The molecule has 0 radical (unpaired) electrons. The van der Waals surface area contributed by atoms with Gasteiger partial charge in [0.05, 0.1) is 6.04 Å². The summed E-state index contributed by atoms with van der Waals surface area (Å²) in [6.45, 7) is 5.62. The van der Waals surface area contributed by atoms with Crippen molar-refractivity contribution in [2.24, 2.45) is 5.92 Å². The molecule has 1 rings (SSSR count). The van der Waals surface area contributed by atoms with Gasteiger partial charge in [0.25, 0.3) is 0 Å². The monoisotopic (exact) mass is 256 g/mol. The lowest BCUT2D eigenvalue weighted by atomic mass is 9.85. The zero-order valence-electron chi connectivity index (χ0n) is 12.0. The van der Waals surface area contributed by atoms with Crippen LogP contribution >= 0.6 is 0 Å². The summed E-state index contributed by atoms with van der Waals surface area (Å²) in [5.74, 6) is 0.784. The Labute approximate surface area is 111 Å². The van der Waals surface area contributed by atoms with Crippen LogP contribution in [0.4, 0.5) is 0 Å². The largest absolute Gasteiger partial charge is 0.385 e. The molecule has 0 aromatic rings. The van der Waals surface area contributed by atoms with Gasteiger partial charge < -0.3 is 15.4 Å². The zero-order valence-corrected chi connectivity index (χ0v) is 12.0. The molecule has 0 aromatic carbocycles. The number of methoxy groups -OCH3 is 1. The SMILES string of the molecule is COCCCNC(=O)[C@H](C)N[C@@H]1CCCC[C@@H]1C. The van der Waals surface area contributed by atoms with Gasteiger partial charge in [-0.2, -0.15) is 0 Å². The Kier molecular flexibility index (Phi) is 7.28. The maximum Gasteiger partial charge on any atom is 0.236 e. The lowest BCUT2D eigenvalue weighted by Crippen LogP contribution is -2.49. The molecule has 0 unspecified atom stereocenters. The van der Waals surface area contributed by atoms with E-state index in [1.54, 1.807) is 7.11 Å². The molecule has 1 amide bonds. The quantitative estimate of drug-likeness (QED) is 0.682. The predicted molar refractivity (Wildman–Crippen MR) is 73.5 cm³/mol. The van der Waals surface area contributed by atoms with Gasteiger partial charge in [0.15, 0.2) is 0 Å². The Morgan fingerprint density at radius 3 is 2.78 bits per heavy atom. The highest BCUT2D eigenvalue weighted by Crippen LogP contribution is 2.23. The molecule has 4 heteroatoms. The molecular formula is C14H28N2O2. The van der Waals surface area contributed by atoms with Gasteiger partial charge in [0, 0.05) is 26.3 Å². The van der Waals surface area contributed by atoms with E-state index in [9.17, 15) is 4.79 Å². The fraction of sp³-hybridized carbons (Fsp3) is 0.929. The minimum atomic E-state index is -0.0990. The number of amides is 1. The van der Waals surface area contributed by atoms with E-state index in [0.29, 0.717) is 25.1 Å². The van der Waals surface area contributed by atoms with Crippen molar-refractivity contribution in [3.05, 3.63) is 0 Å². The highest BCUT2D eigenvalue weighted by molar-refractivity contribution is 5.81. The Morgan fingerprint density at radius 2 is 2.11 bits per heavy atom. The lowest BCUT2D eigenvalue weighted by molar-refractivity contribution is -0.123. The standard InChI is InChI=1S/C14H28N2O2/c1-11-7-4-5-8-13(11)16-12(2)14(17)15-9-6-10-18-3/h11-13,16H,4-10H2,1-3H3,(H,15,17)/t11-,12-,13+/m0/s1. The van der Waals surface area contributed by atoms with Crippen molar-refractivity contribution in [1.82, 2.24) is 10.6 Å². The van der Waals surface area contributed by atoms with Crippen LogP contribution in [0.2, 0.25) is 0 Å². The smallest absolute Gasteiger partial charge is 0.236 e. The number of carbonyl (C=O) groups excluding carboxylic acids is 1. The van der Waals surface area contributed by atoms with Crippen molar-refractivity contribution >= 4 is 5.91 Å². The Balaban J connectivity index is 2.21. The van der Waals surface area contributed by atoms with E-state index in [2.05, 4.69) is 17.6 Å². The third-order valence-corrected chi connectivity index (χ3v) is 3.79. The molecule has 106 valence electrons. The van der Waals surface area contributed by atoms with Crippen molar-refractivity contribution in [2.75, 3.05) is 20.3 Å². The summed E-state index contributed by atoms with van der Waals surface area (Å²) in [4.78, 5) is 11.9. The molecule has 1 aliphatic carbocycles. The van der Waals surface area contributed by atoms with Crippen LogP contribution in [0.1, 0.15) is 46.0 Å². The van der Waals surface area contributed by atoms with E-state index in [0.717, 1.165) is 6.42 Å². The molecule has 18 heavy (non-hydrogen) atoms. The van der Waals surface area contributed by atoms with E-state index in [-0.39, 0.29) is 11.9 Å². The summed E-state index contributed by atoms with van der Waals surface area (Å²) in [5.41, 5.74) is 0. The van der Waals surface area contributed by atoms with Crippen LogP contribution in [0.25, 0.3) is 0 Å². The Bertz CT molecular complexity index is 246. The number of rotatable bonds is 7. The van der Waals surface area contributed by atoms with E-state index in [4.69, 9.17) is 4.74 Å². The maximum absolute atomic E-state index is 11.9. The van der Waals surface area contributed by atoms with Crippen molar-refractivity contribution in [2.45, 2.75) is 58.0 Å². The van der Waals surface area contributed by atoms with Gasteiger partial charge in [0.1, 0.15) is 0 Å². The summed E-state index contributed by atoms with van der Waals surface area (Å²) < 4.78 is 4.95. The molecule has 0 bridgehead atoms. The first kappa shape index (κ1) is 15.4. The number of hydrogen-bond acceptors (Lipinski definition) is 3. The molecule has 0 saturated heterocycles. The normalized spacial score (nSPS) is 25.7. The van der Waals surface area contributed by atoms with E-state index >= 15 is 0 Å². The van der Waals surface area contributed by atoms with Gasteiger partial charge in [0.2, 0.25) is 5.91 Å². The third kappa shape index (κ3) is 5.36. The second-order valence-electron chi connectivity index (χ2n) is 5.39. The minimum Gasteiger partial charge on any atom is -0.385 e. The Hall–Kier alpha value is -0.610. The van der Waals surface area contributed by atoms with Crippen LogP contribution < -0.4 is 10.6 Å². The topological polar surface area (TPSA) is 50.4 Å². The van der Waals surface area contributed by atoms with E-state index in [1.165, 1.54) is 25.7 Å². The van der Waals surface area contributed by atoms with Crippen molar-refractivity contribution in [3.8, 4) is 0 Å². The molecule has 0 spiro atoms. The molecule has 4 nitrogen and oxygen atoms in total. The summed E-state index contributed by atoms with van der Waals surface area (Å²) in [6.07, 6.45) is 5.96. The Morgan fingerprint density at radius 1 is 1.39 bits per heavy atom. The van der Waals surface area contributed by atoms with Crippen molar-refractivity contribution < 1.29 is 9.53 Å². The minimum absolute atomic E-state index is 0.0990. The number of nitrogens with one attached hydrogen (secondary N) is 2. The first-order valence-electron chi connectivity index (χ1n) is 7.18. The summed E-state index contributed by atoms with van der Waals surface area (Å²) in [7, 11) is 1.68. The van der Waals surface area contributed by atoms with Gasteiger partial charge in [-0.25, -0.2) is 0 Å². The lowest BCUT2D eigenvalue weighted by Gasteiger charge is -2.31. The summed E-state index contributed by atoms with van der Waals surface area (Å²) in [5, 5.41) is 6.41. The van der Waals surface area contributed by atoms with Gasteiger partial charge in [-0.15, -0.1) is 0 Å². The van der Waals surface area contributed by atoms with Crippen LogP contribution in [0.5, 0.6) is 0 Å². The molecule has 3 atom stereocenters. The third-order valence-electron chi connectivity index (χ3n) is 3.79. The summed E-state index contributed by atoms with van der Waals surface area (Å²) >= 11 is 0. The molecule has 1 saturated carbocycles. The zero-order chi connectivity index (χ0) is 13.4. The average molecular weight is 256 g/mol. The molecule has 0 aromatic heterocycles. The first-order chi connectivity index (χ1) is 8.65. The molecule has 1 aliphatic rings.